The smallest absolute Gasteiger partial charge is 0.308 e. The Kier molecular flexibility index (Phi) is 2.18. The average Bonchev–Trinajstić information content (AvgIpc) is 1.98. The third-order valence-corrected chi connectivity index (χ3v) is 2.15. The number of ether oxygens (including phenoxy) is 1. The second kappa shape index (κ2) is 2.81. The lowest BCUT2D eigenvalue weighted by Crippen LogP contribution is -2.38. The van der Waals surface area contributed by atoms with Crippen LogP contribution in [0, 0.1) is 11.3 Å². The molecule has 3 nitrogen and oxygen atoms in total. The van der Waals surface area contributed by atoms with Crippen molar-refractivity contribution in [2.75, 3.05) is 13.2 Å². The molecule has 1 saturated heterocycles. The van der Waals surface area contributed by atoms with E-state index in [0.717, 1.165) is 6.42 Å². The van der Waals surface area contributed by atoms with Gasteiger partial charge in [-0.05, 0) is 6.42 Å². The number of rotatable bonds is 1. The van der Waals surface area contributed by atoms with Gasteiger partial charge in [-0.2, -0.15) is 0 Å². The van der Waals surface area contributed by atoms with Crippen LogP contribution < -0.4 is 0 Å². The van der Waals surface area contributed by atoms with Crippen molar-refractivity contribution >= 4 is 5.97 Å². The summed E-state index contributed by atoms with van der Waals surface area (Å²) in [5.41, 5.74) is -0.215. The summed E-state index contributed by atoms with van der Waals surface area (Å²) in [7, 11) is 0. The van der Waals surface area contributed by atoms with Gasteiger partial charge in [-0.1, -0.05) is 13.8 Å². The van der Waals surface area contributed by atoms with Crippen LogP contribution >= 0.6 is 0 Å². The number of aliphatic hydroxyl groups is 1. The number of hydrogen-bond donors (Lipinski definition) is 1. The molecule has 0 aromatic rings. The van der Waals surface area contributed by atoms with Gasteiger partial charge >= 0.3 is 5.97 Å². The van der Waals surface area contributed by atoms with Crippen molar-refractivity contribution in [1.29, 1.82) is 0 Å². The molecule has 2 atom stereocenters. The second-order valence-corrected chi connectivity index (χ2v) is 3.68. The lowest BCUT2D eigenvalue weighted by atomic mass is 9.81. The molecule has 1 aliphatic rings. The van der Waals surface area contributed by atoms with Crippen LogP contribution in [0.25, 0.3) is 0 Å². The SMILES string of the molecule is CC1CC(C)(CO)COC1=O. The molecule has 2 unspecified atom stereocenters. The van der Waals surface area contributed by atoms with E-state index in [0.29, 0.717) is 6.61 Å². The van der Waals surface area contributed by atoms with Crippen LogP contribution in [-0.2, 0) is 9.53 Å². The van der Waals surface area contributed by atoms with E-state index in [-0.39, 0.29) is 23.9 Å². The fourth-order valence-electron chi connectivity index (χ4n) is 1.38. The largest absolute Gasteiger partial charge is 0.465 e. The maximum atomic E-state index is 10.9. The predicted octanol–water partition coefficient (Wildman–Crippen LogP) is 0.568. The summed E-state index contributed by atoms with van der Waals surface area (Å²) in [5.74, 6) is -0.211. The Morgan fingerprint density at radius 3 is 2.91 bits per heavy atom. The van der Waals surface area contributed by atoms with Gasteiger partial charge in [0.2, 0.25) is 0 Å². The van der Waals surface area contributed by atoms with Gasteiger partial charge in [0.15, 0.2) is 0 Å². The zero-order valence-corrected chi connectivity index (χ0v) is 6.96. The first-order chi connectivity index (χ1) is 5.07. The molecule has 0 bridgehead atoms. The highest BCUT2D eigenvalue weighted by atomic mass is 16.5. The molecule has 1 rings (SSSR count). The highest BCUT2D eigenvalue weighted by Gasteiger charge is 2.35. The van der Waals surface area contributed by atoms with E-state index in [1.807, 2.05) is 13.8 Å². The van der Waals surface area contributed by atoms with Crippen molar-refractivity contribution in [3.63, 3.8) is 0 Å². The van der Waals surface area contributed by atoms with E-state index < -0.39 is 0 Å². The molecule has 0 aromatic heterocycles. The van der Waals surface area contributed by atoms with Crippen LogP contribution in [0.2, 0.25) is 0 Å². The van der Waals surface area contributed by atoms with E-state index in [1.165, 1.54) is 0 Å². The number of aliphatic hydroxyl groups excluding tert-OH is 1. The minimum atomic E-state index is -0.215. The van der Waals surface area contributed by atoms with Crippen molar-refractivity contribution in [3.8, 4) is 0 Å². The summed E-state index contributed by atoms with van der Waals surface area (Å²) in [4.78, 5) is 10.9. The molecule has 11 heavy (non-hydrogen) atoms. The van der Waals surface area contributed by atoms with Gasteiger partial charge in [0.05, 0.1) is 19.1 Å². The maximum absolute atomic E-state index is 10.9. The van der Waals surface area contributed by atoms with E-state index >= 15 is 0 Å². The van der Waals surface area contributed by atoms with Gasteiger partial charge in [0, 0.05) is 5.41 Å². The molecule has 1 fully saturated rings. The Bertz CT molecular complexity index is 167. The van der Waals surface area contributed by atoms with Gasteiger partial charge in [-0.15, -0.1) is 0 Å². The molecule has 0 saturated carbocycles. The first-order valence-electron chi connectivity index (χ1n) is 3.85. The normalized spacial score (nSPS) is 38.5. The summed E-state index contributed by atoms with van der Waals surface area (Å²) in [5, 5.41) is 8.96. The minimum absolute atomic E-state index is 0.0686. The minimum Gasteiger partial charge on any atom is -0.465 e. The molecule has 64 valence electrons. The predicted molar refractivity (Wildman–Crippen MR) is 39.9 cm³/mol. The van der Waals surface area contributed by atoms with Crippen LogP contribution in [0.15, 0.2) is 0 Å². The van der Waals surface area contributed by atoms with Crippen LogP contribution in [0.3, 0.4) is 0 Å². The van der Waals surface area contributed by atoms with Crippen molar-refractivity contribution in [1.82, 2.24) is 0 Å². The van der Waals surface area contributed by atoms with Gasteiger partial charge in [-0.3, -0.25) is 4.79 Å². The molecule has 0 aromatic carbocycles. The molecular formula is C8H14O3. The van der Waals surface area contributed by atoms with Crippen LogP contribution in [0.5, 0.6) is 0 Å². The number of carbonyl (C=O) groups excluding carboxylic acids is 1. The molecule has 1 N–H and O–H groups in total. The standard InChI is InChI=1S/C8H14O3/c1-6-3-8(2,4-9)5-11-7(6)10/h6,9H,3-5H2,1-2H3. The van der Waals surface area contributed by atoms with Crippen molar-refractivity contribution < 1.29 is 14.6 Å². The van der Waals surface area contributed by atoms with Crippen molar-refractivity contribution in [2.24, 2.45) is 11.3 Å². The lowest BCUT2D eigenvalue weighted by molar-refractivity contribution is -0.162. The summed E-state index contributed by atoms with van der Waals surface area (Å²) in [6, 6.07) is 0. The average molecular weight is 158 g/mol. The summed E-state index contributed by atoms with van der Waals surface area (Å²) < 4.78 is 4.90. The fourth-order valence-corrected chi connectivity index (χ4v) is 1.38. The van der Waals surface area contributed by atoms with Crippen LogP contribution in [0.1, 0.15) is 20.3 Å². The van der Waals surface area contributed by atoms with Gasteiger partial charge in [0.1, 0.15) is 0 Å². The summed E-state index contributed by atoms with van der Waals surface area (Å²) in [6.07, 6.45) is 0.725. The zero-order chi connectivity index (χ0) is 8.48. The maximum Gasteiger partial charge on any atom is 0.308 e. The number of cyclic esters (lactones) is 1. The van der Waals surface area contributed by atoms with Crippen LogP contribution in [-0.4, -0.2) is 24.3 Å². The molecule has 0 amide bonds. The van der Waals surface area contributed by atoms with Gasteiger partial charge in [0.25, 0.3) is 0 Å². The fraction of sp³-hybridized carbons (Fsp3) is 0.875. The topological polar surface area (TPSA) is 46.5 Å². The Balaban J connectivity index is 2.58. The van der Waals surface area contributed by atoms with Gasteiger partial charge in [-0.25, -0.2) is 0 Å². The van der Waals surface area contributed by atoms with E-state index in [9.17, 15) is 4.79 Å². The summed E-state index contributed by atoms with van der Waals surface area (Å²) in [6.45, 7) is 4.20. The van der Waals surface area contributed by atoms with E-state index in [2.05, 4.69) is 0 Å². The van der Waals surface area contributed by atoms with Gasteiger partial charge < -0.3 is 9.84 Å². The Morgan fingerprint density at radius 1 is 1.82 bits per heavy atom. The highest BCUT2D eigenvalue weighted by molar-refractivity contribution is 5.72. The first kappa shape index (κ1) is 8.53. The van der Waals surface area contributed by atoms with E-state index in [1.54, 1.807) is 0 Å². The summed E-state index contributed by atoms with van der Waals surface area (Å²) >= 11 is 0. The Morgan fingerprint density at radius 2 is 2.45 bits per heavy atom. The highest BCUT2D eigenvalue weighted by Crippen LogP contribution is 2.30. The number of carbonyl (C=O) groups is 1. The molecule has 1 aliphatic heterocycles. The molecule has 3 heteroatoms. The Hall–Kier alpha value is -0.570. The quantitative estimate of drug-likeness (QED) is 0.567. The molecule has 0 spiro atoms. The third kappa shape index (κ3) is 1.71. The Labute approximate surface area is 66.4 Å². The first-order valence-corrected chi connectivity index (χ1v) is 3.85. The number of hydrogen-bond acceptors (Lipinski definition) is 3. The lowest BCUT2D eigenvalue weighted by Gasteiger charge is -2.33. The van der Waals surface area contributed by atoms with E-state index in [4.69, 9.17) is 9.84 Å². The van der Waals surface area contributed by atoms with Crippen LogP contribution in [0.4, 0.5) is 0 Å². The second-order valence-electron chi connectivity index (χ2n) is 3.68. The zero-order valence-electron chi connectivity index (χ0n) is 6.96. The third-order valence-electron chi connectivity index (χ3n) is 2.15. The monoisotopic (exact) mass is 158 g/mol. The van der Waals surface area contributed by atoms with Crippen molar-refractivity contribution in [2.45, 2.75) is 20.3 Å². The molecular weight excluding hydrogens is 144 g/mol. The molecule has 0 aliphatic carbocycles. The van der Waals surface area contributed by atoms with Crippen molar-refractivity contribution in [3.05, 3.63) is 0 Å². The number of esters is 1. The molecule has 0 radical (unpaired) electrons. The molecule has 1 heterocycles.